The molecule has 3 saturated heterocycles. The summed E-state index contributed by atoms with van der Waals surface area (Å²) < 4.78 is 11.0. The van der Waals surface area contributed by atoms with E-state index in [1.54, 1.807) is 6.20 Å². The van der Waals surface area contributed by atoms with Gasteiger partial charge in [0, 0.05) is 37.5 Å². The standard InChI is InChI=1S/C27H36ClN5O4S/c1-16-17(2)37-15-27(16)8-10-32(11-9-27)24-22(25(34)36-5)31-21(12-29-24)38-19-6-7-20(30-23(19)28)33-13-18(14-33)26(3,4)35/h6-7,12,16-18,35H,8-11,13-15H2,1-5H3/t16-,17+/m1/s1. The molecule has 0 aromatic carbocycles. The summed E-state index contributed by atoms with van der Waals surface area (Å²) in [6, 6.07) is 3.81. The number of halogens is 1. The van der Waals surface area contributed by atoms with E-state index in [-0.39, 0.29) is 23.1 Å². The van der Waals surface area contributed by atoms with Crippen LogP contribution in [0.1, 0.15) is 51.0 Å². The largest absolute Gasteiger partial charge is 0.464 e. The van der Waals surface area contributed by atoms with Crippen LogP contribution < -0.4 is 9.80 Å². The molecule has 0 unspecified atom stereocenters. The number of ether oxygens (including phenoxy) is 2. The number of carbonyl (C=O) groups excluding carboxylic acids is 1. The summed E-state index contributed by atoms with van der Waals surface area (Å²) in [7, 11) is 1.36. The Kier molecular flexibility index (Phi) is 7.54. The molecule has 3 aliphatic rings. The van der Waals surface area contributed by atoms with Gasteiger partial charge in [0.15, 0.2) is 11.5 Å². The predicted octanol–water partition coefficient (Wildman–Crippen LogP) is 4.31. The van der Waals surface area contributed by atoms with Gasteiger partial charge in [-0.05, 0) is 51.7 Å². The second-order valence-electron chi connectivity index (χ2n) is 11.3. The van der Waals surface area contributed by atoms with E-state index in [4.69, 9.17) is 21.1 Å². The van der Waals surface area contributed by atoms with Crippen molar-refractivity contribution >= 4 is 41.0 Å². The number of rotatable bonds is 6. The Morgan fingerprint density at radius 2 is 1.92 bits per heavy atom. The molecule has 0 radical (unpaired) electrons. The van der Waals surface area contributed by atoms with E-state index in [1.165, 1.54) is 18.9 Å². The molecule has 2 atom stereocenters. The van der Waals surface area contributed by atoms with E-state index in [2.05, 4.69) is 38.6 Å². The van der Waals surface area contributed by atoms with Gasteiger partial charge in [-0.2, -0.15) is 0 Å². The van der Waals surface area contributed by atoms with Crippen molar-refractivity contribution in [3.05, 3.63) is 29.2 Å². The minimum atomic E-state index is -0.713. The molecule has 38 heavy (non-hydrogen) atoms. The van der Waals surface area contributed by atoms with E-state index in [1.807, 2.05) is 26.0 Å². The average Bonchev–Trinajstić information content (AvgIpc) is 3.12. The lowest BCUT2D eigenvalue weighted by Crippen LogP contribution is -2.56. The lowest BCUT2D eigenvalue weighted by Gasteiger charge is -2.45. The van der Waals surface area contributed by atoms with Crippen molar-refractivity contribution in [2.24, 2.45) is 17.3 Å². The van der Waals surface area contributed by atoms with Gasteiger partial charge in [0.1, 0.15) is 16.0 Å². The topological polar surface area (TPSA) is 101 Å². The molecular weight excluding hydrogens is 526 g/mol. The van der Waals surface area contributed by atoms with Gasteiger partial charge in [0.05, 0.1) is 36.5 Å². The van der Waals surface area contributed by atoms with Crippen molar-refractivity contribution in [1.82, 2.24) is 15.0 Å². The van der Waals surface area contributed by atoms with Crippen LogP contribution in [0.25, 0.3) is 0 Å². The summed E-state index contributed by atoms with van der Waals surface area (Å²) in [5.41, 5.74) is -0.321. The quantitative estimate of drug-likeness (QED) is 0.405. The smallest absolute Gasteiger partial charge is 0.360 e. The molecule has 1 spiro atoms. The third-order valence-corrected chi connectivity index (χ3v) is 10.0. The molecule has 9 nitrogen and oxygen atoms in total. The van der Waals surface area contributed by atoms with Crippen molar-refractivity contribution in [3.8, 4) is 0 Å². The Hall–Kier alpha value is -2.14. The van der Waals surface area contributed by atoms with Crippen LogP contribution in [-0.4, -0.2) is 77.6 Å². The molecule has 3 fully saturated rings. The van der Waals surface area contributed by atoms with Crippen LogP contribution in [0.15, 0.2) is 28.3 Å². The number of methoxy groups -OCH3 is 1. The highest BCUT2D eigenvalue weighted by Crippen LogP contribution is 2.47. The number of nitrogens with zero attached hydrogens (tertiary/aromatic N) is 5. The monoisotopic (exact) mass is 561 g/mol. The first kappa shape index (κ1) is 27.4. The van der Waals surface area contributed by atoms with Crippen molar-refractivity contribution < 1.29 is 19.4 Å². The Labute approximate surface area is 233 Å². The predicted molar refractivity (Wildman–Crippen MR) is 147 cm³/mol. The number of anilines is 2. The summed E-state index contributed by atoms with van der Waals surface area (Å²) in [5.74, 6) is 1.51. The lowest BCUT2D eigenvalue weighted by atomic mass is 9.70. The maximum Gasteiger partial charge on any atom is 0.360 e. The maximum atomic E-state index is 12.7. The second-order valence-corrected chi connectivity index (χ2v) is 12.8. The van der Waals surface area contributed by atoms with E-state index >= 15 is 0 Å². The second kappa shape index (κ2) is 10.4. The Balaban J connectivity index is 1.29. The van der Waals surface area contributed by atoms with Crippen molar-refractivity contribution in [2.45, 2.75) is 62.2 Å². The molecule has 2 aromatic rings. The normalized spacial score (nSPS) is 23.6. The first-order valence-electron chi connectivity index (χ1n) is 13.1. The molecular formula is C27H36ClN5O4S. The zero-order valence-corrected chi connectivity index (χ0v) is 24.2. The van der Waals surface area contributed by atoms with Gasteiger partial charge in [0.25, 0.3) is 0 Å². The number of pyridine rings is 1. The van der Waals surface area contributed by atoms with Crippen molar-refractivity contribution in [2.75, 3.05) is 49.7 Å². The van der Waals surface area contributed by atoms with Gasteiger partial charge in [-0.15, -0.1) is 0 Å². The van der Waals surface area contributed by atoms with Crippen LogP contribution >= 0.6 is 23.4 Å². The molecule has 0 aliphatic carbocycles. The van der Waals surface area contributed by atoms with E-state index in [0.717, 1.165) is 56.3 Å². The number of aliphatic hydroxyl groups is 1. The van der Waals surface area contributed by atoms with Crippen LogP contribution in [0.3, 0.4) is 0 Å². The Morgan fingerprint density at radius 3 is 2.50 bits per heavy atom. The van der Waals surface area contributed by atoms with Gasteiger partial charge in [-0.1, -0.05) is 30.3 Å². The molecule has 0 saturated carbocycles. The maximum absolute atomic E-state index is 12.7. The highest BCUT2D eigenvalue weighted by Gasteiger charge is 2.47. The number of carbonyl (C=O) groups is 1. The van der Waals surface area contributed by atoms with Gasteiger partial charge >= 0.3 is 5.97 Å². The Bertz CT molecular complexity index is 1190. The first-order valence-corrected chi connectivity index (χ1v) is 14.3. The van der Waals surface area contributed by atoms with Crippen molar-refractivity contribution in [1.29, 1.82) is 0 Å². The van der Waals surface area contributed by atoms with E-state index in [9.17, 15) is 9.90 Å². The third kappa shape index (κ3) is 5.20. The zero-order valence-electron chi connectivity index (χ0n) is 22.6. The molecule has 206 valence electrons. The molecule has 5 heterocycles. The summed E-state index contributed by atoms with van der Waals surface area (Å²) in [4.78, 5) is 31.5. The SMILES string of the molecule is COC(=O)c1nc(Sc2ccc(N3CC(C(C)(C)O)C3)nc2Cl)cnc1N1CCC2(CC1)CO[C@@H](C)[C@H]2C. The highest BCUT2D eigenvalue weighted by atomic mass is 35.5. The third-order valence-electron chi connectivity index (χ3n) is 8.69. The fraction of sp³-hybridized carbons (Fsp3) is 0.630. The lowest BCUT2D eigenvalue weighted by molar-refractivity contribution is 0.00438. The summed E-state index contributed by atoms with van der Waals surface area (Å²) >= 11 is 7.84. The Morgan fingerprint density at radius 1 is 1.21 bits per heavy atom. The van der Waals surface area contributed by atoms with E-state index in [0.29, 0.717) is 21.9 Å². The van der Waals surface area contributed by atoms with Crippen LogP contribution in [0, 0.1) is 17.3 Å². The fourth-order valence-corrected chi connectivity index (χ4v) is 6.60. The fourth-order valence-electron chi connectivity index (χ4n) is 5.60. The average molecular weight is 562 g/mol. The number of hydrogen-bond donors (Lipinski definition) is 1. The van der Waals surface area contributed by atoms with Crippen molar-refractivity contribution in [3.63, 3.8) is 0 Å². The van der Waals surface area contributed by atoms with Crippen LogP contribution in [0.5, 0.6) is 0 Å². The molecule has 3 aliphatic heterocycles. The van der Waals surface area contributed by atoms with Gasteiger partial charge < -0.3 is 24.4 Å². The van der Waals surface area contributed by atoms with Crippen LogP contribution in [0.2, 0.25) is 5.15 Å². The number of hydrogen-bond acceptors (Lipinski definition) is 10. The van der Waals surface area contributed by atoms with Crippen LogP contribution in [-0.2, 0) is 9.47 Å². The molecule has 5 rings (SSSR count). The summed E-state index contributed by atoms with van der Waals surface area (Å²) in [5, 5.41) is 11.1. The summed E-state index contributed by atoms with van der Waals surface area (Å²) in [6.45, 7) is 11.9. The highest BCUT2D eigenvalue weighted by molar-refractivity contribution is 7.99. The molecule has 11 heteroatoms. The summed E-state index contributed by atoms with van der Waals surface area (Å²) in [6.07, 6.45) is 3.92. The molecule has 2 aromatic heterocycles. The minimum absolute atomic E-state index is 0.186. The van der Waals surface area contributed by atoms with E-state index < -0.39 is 11.6 Å². The minimum Gasteiger partial charge on any atom is -0.464 e. The first-order chi connectivity index (χ1) is 18.0. The molecule has 0 bridgehead atoms. The zero-order chi connectivity index (χ0) is 27.2. The van der Waals surface area contributed by atoms with Gasteiger partial charge in [-0.25, -0.2) is 19.7 Å². The van der Waals surface area contributed by atoms with Crippen LogP contribution in [0.4, 0.5) is 11.6 Å². The molecule has 1 N–H and O–H groups in total. The number of piperidine rings is 1. The van der Waals surface area contributed by atoms with Gasteiger partial charge in [-0.3, -0.25) is 0 Å². The molecule has 0 amide bonds. The van der Waals surface area contributed by atoms with Gasteiger partial charge in [0.2, 0.25) is 0 Å². The number of esters is 1. The number of aromatic nitrogens is 3.